The van der Waals surface area contributed by atoms with Gasteiger partial charge in [-0.2, -0.15) is 0 Å². The summed E-state index contributed by atoms with van der Waals surface area (Å²) >= 11 is 0. The highest BCUT2D eigenvalue weighted by molar-refractivity contribution is 5.87. The van der Waals surface area contributed by atoms with Gasteiger partial charge in [-0.05, 0) is 33.1 Å². The van der Waals surface area contributed by atoms with Crippen LogP contribution in [-0.2, 0) is 33.4 Å². The number of guanidine groups is 1. The van der Waals surface area contributed by atoms with Crippen LogP contribution in [0, 0.1) is 17.8 Å². The number of aliphatic hydroxyl groups is 3. The van der Waals surface area contributed by atoms with Crippen LogP contribution in [0.15, 0.2) is 17.5 Å². The molecule has 56 heavy (non-hydrogen) atoms. The average Bonchev–Trinajstić information content (AvgIpc) is 3.76. The van der Waals surface area contributed by atoms with Gasteiger partial charge in [0.25, 0.3) is 0 Å². The summed E-state index contributed by atoms with van der Waals surface area (Å²) in [5, 5.41) is 38.9. The van der Waals surface area contributed by atoms with Crippen LogP contribution < -0.4 is 33.6 Å². The average molecular weight is 791 g/mol. The molecule has 2 aliphatic rings. The maximum atomic E-state index is 13.6. The van der Waals surface area contributed by atoms with Crippen LogP contribution in [0.25, 0.3) is 11.0 Å². The topological polar surface area (TPSA) is 339 Å². The fourth-order valence-electron chi connectivity index (χ4n) is 8.04. The Morgan fingerprint density at radius 1 is 1.09 bits per heavy atom. The van der Waals surface area contributed by atoms with Crippen LogP contribution >= 0.6 is 0 Å². The van der Waals surface area contributed by atoms with E-state index in [1.54, 1.807) is 27.0 Å². The number of hydrogen-bond donors (Lipinski definition) is 10. The van der Waals surface area contributed by atoms with E-state index in [9.17, 15) is 34.5 Å². The molecule has 20 nitrogen and oxygen atoms in total. The van der Waals surface area contributed by atoms with Crippen molar-refractivity contribution in [3.8, 4) is 0 Å². The molecule has 312 valence electrons. The molecule has 0 radical (unpaired) electrons. The number of nitrogens with two attached hydrogens (primary N) is 4. The van der Waals surface area contributed by atoms with E-state index in [4.69, 9.17) is 37.1 Å². The van der Waals surface area contributed by atoms with Gasteiger partial charge in [0.1, 0.15) is 48.4 Å². The van der Waals surface area contributed by atoms with Gasteiger partial charge in [-0.15, -0.1) is 0 Å². The number of fused-ring (bicyclic) bond motifs is 1. The quantitative estimate of drug-likeness (QED) is 0.0388. The predicted octanol–water partition coefficient (Wildman–Crippen LogP) is -1.24. The van der Waals surface area contributed by atoms with Crippen molar-refractivity contribution in [1.29, 1.82) is 0 Å². The zero-order chi connectivity index (χ0) is 41.6. The first-order valence-electron chi connectivity index (χ1n) is 18.9. The Labute approximate surface area is 324 Å². The third-order valence-corrected chi connectivity index (χ3v) is 10.6. The van der Waals surface area contributed by atoms with Gasteiger partial charge in [0.2, 0.25) is 5.91 Å². The number of hydrogen-bond acceptors (Lipinski definition) is 16. The summed E-state index contributed by atoms with van der Waals surface area (Å²) in [5.41, 5.74) is 23.6. The Balaban J connectivity index is 1.28. The standard InChI is InChI=1S/C36H58N10O10/c1-7-17(8-2)25(44-16(4)47)24-21(46-35(39)40)9-18(29(24)49)33(52)56-36(5,6)11-15(3)55-34(53)20(37)10-23(48)54-13-22-30(50)31(51)27(45-22)19-12-41-28-26(19)42-14-43-32(28)38/h12,14-15,17-18,20-22,24-25,27,29-31,41,45,49-51H,7-11,13,37H2,1-6H3,(H,44,47)(H2,38,42,43)(H4,39,40,46)/t15?,18-,20?,21+,22+,24?,25?,27-,29+,30+,31-/m0/s1. The van der Waals surface area contributed by atoms with E-state index in [-0.39, 0.29) is 43.1 Å². The van der Waals surface area contributed by atoms with E-state index in [1.165, 1.54) is 13.3 Å². The number of amides is 1. The van der Waals surface area contributed by atoms with Crippen molar-refractivity contribution >= 4 is 46.6 Å². The summed E-state index contributed by atoms with van der Waals surface area (Å²) in [5.74, 6) is -4.40. The molecule has 1 amide bonds. The van der Waals surface area contributed by atoms with E-state index < -0.39 is 96.4 Å². The SMILES string of the molecule is CCC(CC)C(NC(C)=O)C1[C@H](N=C(N)N)C[C@H](C(=O)OC(C)(C)CC(C)OC(=O)C(N)CC(=O)OC[C@H]2N[C@@H](c3c[nH]c4c(N)ncnc34)[C@H](O)[C@@H]2O)[C@H]1O. The molecule has 1 aliphatic carbocycles. The minimum atomic E-state index is -1.39. The van der Waals surface area contributed by atoms with Crippen molar-refractivity contribution in [1.82, 2.24) is 25.6 Å². The summed E-state index contributed by atoms with van der Waals surface area (Å²) in [4.78, 5) is 66.7. The zero-order valence-corrected chi connectivity index (χ0v) is 32.7. The number of aromatic amines is 1. The number of aromatic nitrogens is 3. The number of rotatable bonds is 17. The van der Waals surface area contributed by atoms with Gasteiger partial charge >= 0.3 is 17.9 Å². The number of aliphatic imine (C=N–C) groups is 1. The highest BCUT2D eigenvalue weighted by Gasteiger charge is 2.52. The lowest BCUT2D eigenvalue weighted by Crippen LogP contribution is -2.51. The number of ether oxygens (including phenoxy) is 3. The van der Waals surface area contributed by atoms with E-state index >= 15 is 0 Å². The second-order valence-electron chi connectivity index (χ2n) is 15.4. The second-order valence-corrected chi connectivity index (χ2v) is 15.4. The van der Waals surface area contributed by atoms with E-state index in [0.29, 0.717) is 29.4 Å². The normalized spacial score (nSPS) is 26.7. The predicted molar refractivity (Wildman–Crippen MR) is 203 cm³/mol. The number of nitrogen functional groups attached to an aromatic ring is 1. The summed E-state index contributed by atoms with van der Waals surface area (Å²) in [6.45, 7) is 9.82. The molecular formula is C36H58N10O10. The van der Waals surface area contributed by atoms with Gasteiger partial charge in [-0.3, -0.25) is 24.5 Å². The summed E-state index contributed by atoms with van der Waals surface area (Å²) in [6, 6.07) is -4.17. The molecule has 1 saturated carbocycles. The number of anilines is 1. The van der Waals surface area contributed by atoms with Crippen molar-refractivity contribution in [2.75, 3.05) is 12.3 Å². The molecule has 0 bridgehead atoms. The molecule has 14 N–H and O–H groups in total. The lowest BCUT2D eigenvalue weighted by molar-refractivity contribution is -0.170. The van der Waals surface area contributed by atoms with Gasteiger partial charge in [0.15, 0.2) is 11.8 Å². The number of carbonyl (C=O) groups is 4. The van der Waals surface area contributed by atoms with Crippen molar-refractivity contribution < 1.29 is 48.7 Å². The summed E-state index contributed by atoms with van der Waals surface area (Å²) < 4.78 is 16.6. The lowest BCUT2D eigenvalue weighted by atomic mass is 9.80. The number of nitrogens with zero attached hydrogens (tertiary/aromatic N) is 3. The van der Waals surface area contributed by atoms with Gasteiger partial charge in [0.05, 0.1) is 42.1 Å². The molecule has 11 atom stereocenters. The zero-order valence-electron chi connectivity index (χ0n) is 32.7. The molecule has 2 fully saturated rings. The van der Waals surface area contributed by atoms with Crippen LogP contribution in [0.3, 0.4) is 0 Å². The van der Waals surface area contributed by atoms with Crippen LogP contribution in [-0.4, -0.2) is 121 Å². The van der Waals surface area contributed by atoms with Crippen LogP contribution in [0.5, 0.6) is 0 Å². The van der Waals surface area contributed by atoms with Crippen LogP contribution in [0.4, 0.5) is 5.82 Å². The highest BCUT2D eigenvalue weighted by atomic mass is 16.6. The molecule has 20 heteroatoms. The first-order chi connectivity index (χ1) is 26.3. The number of carbonyl (C=O) groups excluding carboxylic acids is 4. The Hall–Kier alpha value is -4.63. The van der Waals surface area contributed by atoms with E-state index in [2.05, 4.69) is 30.6 Å². The lowest BCUT2D eigenvalue weighted by Gasteiger charge is -2.35. The molecule has 2 aromatic rings. The molecule has 2 aromatic heterocycles. The Kier molecular flexibility index (Phi) is 14.6. The first kappa shape index (κ1) is 44.1. The van der Waals surface area contributed by atoms with Gasteiger partial charge < -0.3 is 62.8 Å². The van der Waals surface area contributed by atoms with Crippen LogP contribution in [0.1, 0.15) is 85.3 Å². The second kappa shape index (κ2) is 18.5. The Bertz CT molecular complexity index is 1730. The largest absolute Gasteiger partial charge is 0.464 e. The van der Waals surface area contributed by atoms with E-state index in [1.807, 2.05) is 13.8 Å². The number of esters is 3. The Morgan fingerprint density at radius 3 is 2.39 bits per heavy atom. The van der Waals surface area contributed by atoms with E-state index in [0.717, 1.165) is 0 Å². The molecule has 0 aromatic carbocycles. The van der Waals surface area contributed by atoms with Gasteiger partial charge in [-0.25, -0.2) is 15.0 Å². The summed E-state index contributed by atoms with van der Waals surface area (Å²) in [7, 11) is 0. The number of H-pyrrole nitrogens is 1. The monoisotopic (exact) mass is 790 g/mol. The molecule has 4 rings (SSSR count). The smallest absolute Gasteiger partial charge is 0.323 e. The minimum Gasteiger partial charge on any atom is -0.464 e. The van der Waals surface area contributed by atoms with Crippen molar-refractivity contribution in [3.63, 3.8) is 0 Å². The molecule has 1 saturated heterocycles. The maximum Gasteiger partial charge on any atom is 0.323 e. The minimum absolute atomic E-state index is 0.0157. The maximum absolute atomic E-state index is 13.6. The third-order valence-electron chi connectivity index (χ3n) is 10.6. The van der Waals surface area contributed by atoms with Crippen LogP contribution in [0.2, 0.25) is 0 Å². The van der Waals surface area contributed by atoms with Crippen molar-refractivity contribution in [2.24, 2.45) is 39.9 Å². The fraction of sp³-hybridized carbons (Fsp3) is 0.694. The van der Waals surface area contributed by atoms with Crippen molar-refractivity contribution in [2.45, 2.75) is 134 Å². The molecule has 3 heterocycles. The number of aliphatic hydroxyl groups excluding tert-OH is 3. The fourth-order valence-corrected chi connectivity index (χ4v) is 8.04. The highest BCUT2D eigenvalue weighted by Crippen LogP contribution is 2.41. The number of nitrogens with one attached hydrogen (secondary N) is 3. The molecular weight excluding hydrogens is 732 g/mol. The van der Waals surface area contributed by atoms with Gasteiger partial charge in [0, 0.05) is 37.1 Å². The van der Waals surface area contributed by atoms with Gasteiger partial charge in [-0.1, -0.05) is 26.7 Å². The van der Waals surface area contributed by atoms with Crippen molar-refractivity contribution in [3.05, 3.63) is 18.1 Å². The first-order valence-corrected chi connectivity index (χ1v) is 18.9. The molecule has 1 aliphatic heterocycles. The Morgan fingerprint density at radius 2 is 1.77 bits per heavy atom. The third kappa shape index (κ3) is 10.4. The molecule has 4 unspecified atom stereocenters. The summed E-state index contributed by atoms with van der Waals surface area (Å²) in [6.07, 6.45) is -0.748. The molecule has 0 spiro atoms.